The van der Waals surface area contributed by atoms with E-state index in [-0.39, 0.29) is 0 Å². The Morgan fingerprint density at radius 2 is 1.20 bits per heavy atom. The van der Waals surface area contributed by atoms with E-state index in [0.717, 1.165) is 51.9 Å². The first kappa shape index (κ1) is 25.3. The van der Waals surface area contributed by atoms with Crippen molar-refractivity contribution in [1.29, 1.82) is 0 Å². The molecule has 3 aromatic heterocycles. The van der Waals surface area contributed by atoms with Gasteiger partial charge in [0.15, 0.2) is 0 Å². The molecule has 9 aromatic rings. The zero-order valence-electron chi connectivity index (χ0n) is 25.1. The second-order valence-electron chi connectivity index (χ2n) is 12.2. The maximum absolute atomic E-state index is 5.11. The maximum Gasteiger partial charge on any atom is 0.146 e. The Hall–Kier alpha value is -6.00. The molecule has 0 bridgehead atoms. The largest absolute Gasteiger partial charge is 0.296 e. The topological polar surface area (TPSA) is 35.1 Å². The molecular formula is C42H28N4. The molecule has 0 fully saturated rings. The highest BCUT2D eigenvalue weighted by atomic mass is 15.1. The minimum absolute atomic E-state index is 0.993. The molecule has 46 heavy (non-hydrogen) atoms. The molecule has 0 spiro atoms. The minimum Gasteiger partial charge on any atom is -0.296 e. The van der Waals surface area contributed by atoms with Gasteiger partial charge in [0, 0.05) is 22.0 Å². The van der Waals surface area contributed by atoms with Crippen LogP contribution in [0.3, 0.4) is 0 Å². The molecule has 0 N–H and O–H groups in total. The van der Waals surface area contributed by atoms with E-state index in [4.69, 9.17) is 9.97 Å². The number of para-hydroxylation sites is 4. The van der Waals surface area contributed by atoms with E-state index in [1.165, 1.54) is 49.3 Å². The number of allylic oxidation sites excluding steroid dienone is 4. The standard InChI is InChI=1S/C42H28N4/c1-2-10-32(11-3-1)45-38-16-8-6-14-36(38)43-41(45)31-21-20-27-24-28(18-19-29(27)25-31)30-22-23-34-33-12-4-5-13-35(33)42-44-37-15-7-9-17-39(37)46(42)40(34)26-30/h1-2,4-10,12-26H,3,11H2. The van der Waals surface area contributed by atoms with Crippen LogP contribution < -0.4 is 0 Å². The van der Waals surface area contributed by atoms with E-state index >= 15 is 0 Å². The van der Waals surface area contributed by atoms with Gasteiger partial charge in [-0.15, -0.1) is 0 Å². The predicted octanol–water partition coefficient (Wildman–Crippen LogP) is 10.8. The lowest BCUT2D eigenvalue weighted by Gasteiger charge is -2.15. The first-order chi connectivity index (χ1) is 22.8. The van der Waals surface area contributed by atoms with Crippen molar-refractivity contribution in [2.75, 3.05) is 0 Å². The molecule has 6 aromatic carbocycles. The summed E-state index contributed by atoms with van der Waals surface area (Å²) in [5.74, 6) is 0.993. The molecule has 1 aliphatic carbocycles. The van der Waals surface area contributed by atoms with Crippen LogP contribution in [0.15, 0.2) is 146 Å². The van der Waals surface area contributed by atoms with Crippen LogP contribution in [0.1, 0.15) is 12.8 Å². The summed E-state index contributed by atoms with van der Waals surface area (Å²) >= 11 is 0. The number of hydrogen-bond donors (Lipinski definition) is 0. The van der Waals surface area contributed by atoms with Crippen LogP contribution in [-0.2, 0) is 0 Å². The molecule has 0 saturated heterocycles. The van der Waals surface area contributed by atoms with Crippen molar-refractivity contribution in [1.82, 2.24) is 18.9 Å². The average Bonchev–Trinajstić information content (AvgIpc) is 3.71. The molecule has 0 radical (unpaired) electrons. The highest BCUT2D eigenvalue weighted by Gasteiger charge is 2.17. The predicted molar refractivity (Wildman–Crippen MR) is 192 cm³/mol. The monoisotopic (exact) mass is 588 g/mol. The van der Waals surface area contributed by atoms with Crippen molar-refractivity contribution in [2.24, 2.45) is 0 Å². The third-order valence-electron chi connectivity index (χ3n) is 9.53. The van der Waals surface area contributed by atoms with Gasteiger partial charge in [0.2, 0.25) is 0 Å². The van der Waals surface area contributed by atoms with Crippen LogP contribution in [0.4, 0.5) is 0 Å². The van der Waals surface area contributed by atoms with E-state index < -0.39 is 0 Å². The molecule has 4 nitrogen and oxygen atoms in total. The molecule has 0 saturated carbocycles. The molecule has 0 unspecified atom stereocenters. The zero-order chi connectivity index (χ0) is 30.2. The average molecular weight is 589 g/mol. The molecule has 1 aliphatic rings. The first-order valence-electron chi connectivity index (χ1n) is 15.9. The van der Waals surface area contributed by atoms with Crippen molar-refractivity contribution in [3.05, 3.63) is 146 Å². The van der Waals surface area contributed by atoms with E-state index in [0.29, 0.717) is 0 Å². The van der Waals surface area contributed by atoms with Gasteiger partial charge in [-0.1, -0.05) is 97.1 Å². The zero-order valence-corrected chi connectivity index (χ0v) is 25.1. The Morgan fingerprint density at radius 1 is 0.522 bits per heavy atom. The summed E-state index contributed by atoms with van der Waals surface area (Å²) in [6.07, 6.45) is 8.67. The quantitative estimate of drug-likeness (QED) is 0.192. The fourth-order valence-electron chi connectivity index (χ4n) is 7.34. The Kier molecular flexibility index (Phi) is 5.37. The van der Waals surface area contributed by atoms with Gasteiger partial charge in [0.05, 0.1) is 27.6 Å². The van der Waals surface area contributed by atoms with Gasteiger partial charge in [-0.2, -0.15) is 0 Å². The second-order valence-corrected chi connectivity index (χ2v) is 12.2. The third-order valence-corrected chi connectivity index (χ3v) is 9.53. The van der Waals surface area contributed by atoms with Crippen LogP contribution >= 0.6 is 0 Å². The summed E-state index contributed by atoms with van der Waals surface area (Å²) < 4.78 is 4.67. The van der Waals surface area contributed by atoms with Crippen LogP contribution in [0.5, 0.6) is 0 Å². The molecule has 4 heteroatoms. The Bertz CT molecular complexity index is 2760. The molecule has 0 atom stereocenters. The molecular weight excluding hydrogens is 560 g/mol. The number of rotatable bonds is 3. The summed E-state index contributed by atoms with van der Waals surface area (Å²) in [7, 11) is 0. The summed E-state index contributed by atoms with van der Waals surface area (Å²) in [4.78, 5) is 10.2. The third kappa shape index (κ3) is 3.74. The number of aromatic nitrogens is 4. The molecule has 3 heterocycles. The fraction of sp³-hybridized carbons (Fsp3) is 0.0476. The van der Waals surface area contributed by atoms with Gasteiger partial charge in [0.1, 0.15) is 11.5 Å². The smallest absolute Gasteiger partial charge is 0.146 e. The maximum atomic E-state index is 5.11. The Labute approximate surface area is 265 Å². The molecule has 216 valence electrons. The number of nitrogens with zero attached hydrogens (tertiary/aromatic N) is 4. The van der Waals surface area contributed by atoms with Crippen molar-refractivity contribution < 1.29 is 0 Å². The van der Waals surface area contributed by atoms with E-state index in [2.05, 4.69) is 155 Å². The van der Waals surface area contributed by atoms with Gasteiger partial charge in [-0.3, -0.25) is 8.97 Å². The normalized spacial score (nSPS) is 13.5. The number of pyridine rings is 1. The van der Waals surface area contributed by atoms with Gasteiger partial charge in [-0.25, -0.2) is 9.97 Å². The highest BCUT2D eigenvalue weighted by Crippen LogP contribution is 2.37. The number of benzene rings is 6. The SMILES string of the molecule is C1=CCCC(n2c(-c3ccc4cc(-c5ccc6c7ccccc7c7nc8ccccc8n7c6c5)ccc4c3)nc3ccccc32)=C1. The van der Waals surface area contributed by atoms with Crippen LogP contribution in [0.2, 0.25) is 0 Å². The number of imidazole rings is 2. The van der Waals surface area contributed by atoms with Crippen molar-refractivity contribution in [3.63, 3.8) is 0 Å². The van der Waals surface area contributed by atoms with Gasteiger partial charge < -0.3 is 0 Å². The number of fused-ring (bicyclic) bond motifs is 10. The van der Waals surface area contributed by atoms with Gasteiger partial charge in [-0.05, 0) is 88.7 Å². The fourth-order valence-corrected chi connectivity index (χ4v) is 7.34. The second kappa shape index (κ2) is 9.75. The Morgan fingerprint density at radius 3 is 2.02 bits per heavy atom. The summed E-state index contributed by atoms with van der Waals surface area (Å²) in [6.45, 7) is 0. The molecule has 10 rings (SSSR count). The number of hydrogen-bond acceptors (Lipinski definition) is 2. The van der Waals surface area contributed by atoms with E-state index in [1.54, 1.807) is 0 Å². The van der Waals surface area contributed by atoms with Crippen molar-refractivity contribution in [3.8, 4) is 22.5 Å². The van der Waals surface area contributed by atoms with Crippen LogP contribution in [0.25, 0.3) is 88.4 Å². The van der Waals surface area contributed by atoms with Crippen LogP contribution in [0, 0.1) is 0 Å². The van der Waals surface area contributed by atoms with E-state index in [1.807, 2.05) is 0 Å². The van der Waals surface area contributed by atoms with Crippen molar-refractivity contribution >= 4 is 65.9 Å². The Balaban J connectivity index is 1.13. The lowest BCUT2D eigenvalue weighted by Crippen LogP contribution is -2.01. The van der Waals surface area contributed by atoms with Gasteiger partial charge in [0.25, 0.3) is 0 Å². The lowest BCUT2D eigenvalue weighted by molar-refractivity contribution is 0.960. The van der Waals surface area contributed by atoms with Crippen molar-refractivity contribution in [2.45, 2.75) is 12.8 Å². The highest BCUT2D eigenvalue weighted by molar-refractivity contribution is 6.14. The van der Waals surface area contributed by atoms with E-state index in [9.17, 15) is 0 Å². The summed E-state index contributed by atoms with van der Waals surface area (Å²) in [5.41, 5.74) is 11.3. The summed E-state index contributed by atoms with van der Waals surface area (Å²) in [5, 5.41) is 6.04. The van der Waals surface area contributed by atoms with Gasteiger partial charge >= 0.3 is 0 Å². The van der Waals surface area contributed by atoms with Crippen LogP contribution in [-0.4, -0.2) is 18.9 Å². The minimum atomic E-state index is 0.993. The first-order valence-corrected chi connectivity index (χ1v) is 15.9. The lowest BCUT2D eigenvalue weighted by atomic mass is 9.97. The summed E-state index contributed by atoms with van der Waals surface area (Å²) in [6, 6.07) is 45.9. The molecule has 0 aliphatic heterocycles. The molecule has 0 amide bonds.